The molecule has 1 N–H and O–H groups in total. The number of amides is 1. The summed E-state index contributed by atoms with van der Waals surface area (Å²) in [5.41, 5.74) is 5.19. The van der Waals surface area contributed by atoms with Gasteiger partial charge < -0.3 is 5.32 Å². The van der Waals surface area contributed by atoms with E-state index in [-0.39, 0.29) is 11.4 Å². The molecule has 0 aliphatic carbocycles. The fraction of sp³-hybridized carbons (Fsp3) is 0.167. The van der Waals surface area contributed by atoms with Gasteiger partial charge in [-0.25, -0.2) is 8.42 Å². The molecule has 1 amide bonds. The van der Waals surface area contributed by atoms with Gasteiger partial charge in [0.25, 0.3) is 10.0 Å². The van der Waals surface area contributed by atoms with Gasteiger partial charge in [0.1, 0.15) is 6.54 Å². The molecule has 0 heterocycles. The minimum Gasteiger partial charge on any atom is -0.344 e. The molecule has 4 aromatic rings. The lowest BCUT2D eigenvalue weighted by molar-refractivity contribution is -0.120. The number of nitrogens with one attached hydrogen (secondary N) is 1. The van der Waals surface area contributed by atoms with Crippen LogP contribution in [-0.4, -0.2) is 20.9 Å². The number of aryl methyl sites for hydroxylation is 3. The Balaban J connectivity index is 1.71. The average molecular weight is 499 g/mol. The zero-order valence-corrected chi connectivity index (χ0v) is 21.5. The summed E-state index contributed by atoms with van der Waals surface area (Å²) in [7, 11) is -3.98. The Morgan fingerprint density at radius 3 is 2.00 bits per heavy atom. The van der Waals surface area contributed by atoms with Gasteiger partial charge in [0.15, 0.2) is 0 Å². The van der Waals surface area contributed by atoms with Gasteiger partial charge in [0.05, 0.1) is 16.6 Å². The maximum atomic E-state index is 13.7. The summed E-state index contributed by atoms with van der Waals surface area (Å²) in [6.45, 7) is 5.46. The predicted molar refractivity (Wildman–Crippen MR) is 144 cm³/mol. The molecule has 0 fully saturated rings. The fourth-order valence-corrected chi connectivity index (χ4v) is 5.80. The highest BCUT2D eigenvalue weighted by Crippen LogP contribution is 2.28. The summed E-state index contributed by atoms with van der Waals surface area (Å²) in [5.74, 6) is -0.398. The second-order valence-electron chi connectivity index (χ2n) is 8.94. The third kappa shape index (κ3) is 5.66. The topological polar surface area (TPSA) is 66.5 Å². The number of sulfonamides is 1. The van der Waals surface area contributed by atoms with Crippen LogP contribution >= 0.6 is 0 Å². The number of hydrogen-bond acceptors (Lipinski definition) is 3. The molecule has 0 aliphatic heterocycles. The second kappa shape index (κ2) is 10.8. The van der Waals surface area contributed by atoms with Crippen LogP contribution in [0.25, 0.3) is 0 Å². The van der Waals surface area contributed by atoms with Crippen molar-refractivity contribution >= 4 is 21.6 Å². The minimum atomic E-state index is -3.98. The van der Waals surface area contributed by atoms with E-state index in [1.165, 1.54) is 4.31 Å². The van der Waals surface area contributed by atoms with Crippen LogP contribution in [0, 0.1) is 20.8 Å². The number of carbonyl (C=O) groups excluding carboxylic acids is 1. The van der Waals surface area contributed by atoms with Crippen LogP contribution < -0.4 is 9.62 Å². The first kappa shape index (κ1) is 25.2. The quantitative estimate of drug-likeness (QED) is 0.338. The smallest absolute Gasteiger partial charge is 0.264 e. The van der Waals surface area contributed by atoms with Crippen LogP contribution in [-0.2, 0) is 14.8 Å². The molecule has 6 heteroatoms. The van der Waals surface area contributed by atoms with Crippen LogP contribution in [0.4, 0.5) is 5.69 Å². The molecule has 5 nitrogen and oxygen atoms in total. The standard InChI is InChI=1S/C30H30N2O3S/c1-22-11-10-14-26(20-22)30(25-12-6-4-7-13-25)31-29(33)21-32(28-18-17-23(2)19-24(28)3)36(34,35)27-15-8-5-9-16-27/h4-20,30H,21H2,1-3H3,(H,31,33). The lowest BCUT2D eigenvalue weighted by Crippen LogP contribution is -2.42. The zero-order valence-electron chi connectivity index (χ0n) is 20.7. The van der Waals surface area contributed by atoms with Gasteiger partial charge in [-0.2, -0.15) is 0 Å². The zero-order chi connectivity index (χ0) is 25.7. The summed E-state index contributed by atoms with van der Waals surface area (Å²) in [6.07, 6.45) is 0. The molecule has 0 saturated heterocycles. The molecule has 0 spiro atoms. The van der Waals surface area contributed by atoms with Crippen molar-refractivity contribution in [2.75, 3.05) is 10.8 Å². The normalized spacial score (nSPS) is 12.1. The highest BCUT2D eigenvalue weighted by Gasteiger charge is 2.29. The predicted octanol–water partition coefficient (Wildman–Crippen LogP) is 5.71. The highest BCUT2D eigenvalue weighted by atomic mass is 32.2. The number of hydrogen-bond donors (Lipinski definition) is 1. The van der Waals surface area contributed by atoms with E-state index in [1.807, 2.05) is 87.5 Å². The number of nitrogens with zero attached hydrogens (tertiary/aromatic N) is 1. The van der Waals surface area contributed by atoms with Gasteiger partial charge in [-0.05, 0) is 55.7 Å². The van der Waals surface area contributed by atoms with Crippen LogP contribution in [0.1, 0.15) is 33.9 Å². The van der Waals surface area contributed by atoms with Crippen molar-refractivity contribution in [3.8, 4) is 0 Å². The summed E-state index contributed by atoms with van der Waals surface area (Å²) < 4.78 is 28.6. The van der Waals surface area contributed by atoms with E-state index in [0.717, 1.165) is 27.8 Å². The Morgan fingerprint density at radius 1 is 0.750 bits per heavy atom. The molecule has 184 valence electrons. The van der Waals surface area contributed by atoms with E-state index in [9.17, 15) is 13.2 Å². The molecule has 36 heavy (non-hydrogen) atoms. The van der Waals surface area contributed by atoms with Crippen molar-refractivity contribution in [2.24, 2.45) is 0 Å². The number of anilines is 1. The van der Waals surface area contributed by atoms with E-state index < -0.39 is 22.0 Å². The molecule has 4 rings (SSSR count). The van der Waals surface area contributed by atoms with E-state index in [1.54, 1.807) is 36.4 Å². The number of rotatable bonds is 8. The molecule has 0 radical (unpaired) electrons. The molecule has 1 atom stereocenters. The van der Waals surface area contributed by atoms with Gasteiger partial charge in [-0.3, -0.25) is 9.10 Å². The summed E-state index contributed by atoms with van der Waals surface area (Å²) in [4.78, 5) is 13.6. The van der Waals surface area contributed by atoms with Crippen molar-refractivity contribution in [3.05, 3.63) is 131 Å². The third-order valence-corrected chi connectivity index (χ3v) is 7.83. The van der Waals surface area contributed by atoms with Crippen molar-refractivity contribution in [1.29, 1.82) is 0 Å². The van der Waals surface area contributed by atoms with E-state index in [2.05, 4.69) is 5.32 Å². The van der Waals surface area contributed by atoms with Crippen LogP contribution in [0.5, 0.6) is 0 Å². The third-order valence-electron chi connectivity index (χ3n) is 6.05. The molecule has 0 aliphatic rings. The first-order valence-corrected chi connectivity index (χ1v) is 13.3. The second-order valence-corrected chi connectivity index (χ2v) is 10.8. The Labute approximate surface area is 213 Å². The summed E-state index contributed by atoms with van der Waals surface area (Å²) >= 11 is 0. The van der Waals surface area contributed by atoms with Crippen LogP contribution in [0.3, 0.4) is 0 Å². The van der Waals surface area contributed by atoms with E-state index in [0.29, 0.717) is 5.69 Å². The molecule has 1 unspecified atom stereocenters. The average Bonchev–Trinajstić information content (AvgIpc) is 2.87. The summed E-state index contributed by atoms with van der Waals surface area (Å²) in [6, 6.07) is 30.9. The van der Waals surface area contributed by atoms with E-state index >= 15 is 0 Å². The largest absolute Gasteiger partial charge is 0.344 e. The van der Waals surface area contributed by atoms with Gasteiger partial charge in [-0.15, -0.1) is 0 Å². The fourth-order valence-electron chi connectivity index (χ4n) is 4.30. The monoisotopic (exact) mass is 498 g/mol. The van der Waals surface area contributed by atoms with E-state index in [4.69, 9.17) is 0 Å². The highest BCUT2D eigenvalue weighted by molar-refractivity contribution is 7.92. The van der Waals surface area contributed by atoms with Gasteiger partial charge >= 0.3 is 0 Å². The lowest BCUT2D eigenvalue weighted by Gasteiger charge is -2.27. The lowest BCUT2D eigenvalue weighted by atomic mass is 9.97. The Hall–Kier alpha value is -3.90. The van der Waals surface area contributed by atoms with Gasteiger partial charge in [0.2, 0.25) is 5.91 Å². The van der Waals surface area contributed by atoms with Gasteiger partial charge in [-0.1, -0.05) is 96.1 Å². The SMILES string of the molecule is Cc1cccc(C(NC(=O)CN(c2ccc(C)cc2C)S(=O)(=O)c2ccccc2)c2ccccc2)c1. The van der Waals surface area contributed by atoms with Crippen LogP contribution in [0.2, 0.25) is 0 Å². The maximum Gasteiger partial charge on any atom is 0.264 e. The molecular formula is C30H30N2O3S. The van der Waals surface area contributed by atoms with Crippen molar-refractivity contribution in [3.63, 3.8) is 0 Å². The first-order valence-electron chi connectivity index (χ1n) is 11.8. The van der Waals surface area contributed by atoms with Crippen molar-refractivity contribution < 1.29 is 13.2 Å². The first-order chi connectivity index (χ1) is 17.3. The van der Waals surface area contributed by atoms with Crippen molar-refractivity contribution in [1.82, 2.24) is 5.32 Å². The Morgan fingerprint density at radius 2 is 1.36 bits per heavy atom. The summed E-state index contributed by atoms with van der Waals surface area (Å²) in [5, 5.41) is 3.09. The molecular weight excluding hydrogens is 468 g/mol. The Kier molecular flexibility index (Phi) is 7.55. The van der Waals surface area contributed by atoms with Crippen molar-refractivity contribution in [2.45, 2.75) is 31.7 Å². The molecule has 0 aromatic heterocycles. The number of carbonyl (C=O) groups is 1. The Bertz CT molecular complexity index is 1450. The van der Waals surface area contributed by atoms with Gasteiger partial charge in [0, 0.05) is 0 Å². The number of benzene rings is 4. The molecule has 0 saturated carbocycles. The van der Waals surface area contributed by atoms with Crippen LogP contribution in [0.15, 0.2) is 108 Å². The molecule has 4 aromatic carbocycles. The maximum absolute atomic E-state index is 13.7. The molecule has 0 bridgehead atoms. The minimum absolute atomic E-state index is 0.135.